The lowest BCUT2D eigenvalue weighted by molar-refractivity contribution is 0.0690. The highest BCUT2D eigenvalue weighted by Crippen LogP contribution is 2.23. The summed E-state index contributed by atoms with van der Waals surface area (Å²) >= 11 is 0. The molecule has 0 saturated carbocycles. The lowest BCUT2D eigenvalue weighted by Gasteiger charge is -2.05. The van der Waals surface area contributed by atoms with Gasteiger partial charge in [0, 0.05) is 6.20 Å². The maximum atomic E-state index is 10.8. The van der Waals surface area contributed by atoms with E-state index in [1.807, 2.05) is 24.3 Å². The van der Waals surface area contributed by atoms with Gasteiger partial charge in [-0.3, -0.25) is 0 Å². The average Bonchev–Trinajstić information content (AvgIpc) is 2.39. The summed E-state index contributed by atoms with van der Waals surface area (Å²) < 4.78 is 5.12. The smallest absolute Gasteiger partial charge is 0.354 e. The Morgan fingerprint density at radius 2 is 2.00 bits per heavy atom. The number of hydrogen-bond donors (Lipinski definition) is 1. The first-order valence-corrected chi connectivity index (χ1v) is 5.04. The van der Waals surface area contributed by atoms with Gasteiger partial charge >= 0.3 is 5.97 Å². The van der Waals surface area contributed by atoms with Crippen LogP contribution in [0.5, 0.6) is 5.75 Å². The Hall–Kier alpha value is -2.36. The van der Waals surface area contributed by atoms with Crippen LogP contribution in [0.4, 0.5) is 0 Å². The molecule has 0 aliphatic carbocycles. The molecule has 2 rings (SSSR count). The normalized spacial score (nSPS) is 9.94. The molecule has 0 amide bonds. The van der Waals surface area contributed by atoms with Crippen LogP contribution in [0.25, 0.3) is 11.1 Å². The molecule has 0 unspecified atom stereocenters. The molecule has 0 spiro atoms. The largest absolute Gasteiger partial charge is 0.497 e. The number of carboxylic acid groups (broad SMARTS) is 1. The summed E-state index contributed by atoms with van der Waals surface area (Å²) in [4.78, 5) is 14.6. The lowest BCUT2D eigenvalue weighted by atomic mass is 10.1. The fourth-order valence-corrected chi connectivity index (χ4v) is 1.53. The number of rotatable bonds is 3. The summed E-state index contributed by atoms with van der Waals surface area (Å²) in [6, 6.07) is 10.7. The predicted molar refractivity (Wildman–Crippen MR) is 63.2 cm³/mol. The Morgan fingerprint density at radius 1 is 1.24 bits per heavy atom. The molecule has 1 heterocycles. The van der Waals surface area contributed by atoms with Gasteiger partial charge in [-0.05, 0) is 35.4 Å². The van der Waals surface area contributed by atoms with Crippen molar-refractivity contribution in [1.82, 2.24) is 4.98 Å². The summed E-state index contributed by atoms with van der Waals surface area (Å²) in [5, 5.41) is 8.87. The molecule has 0 aliphatic heterocycles. The highest BCUT2D eigenvalue weighted by molar-refractivity contribution is 5.87. The van der Waals surface area contributed by atoms with E-state index in [0.29, 0.717) is 0 Å². The third-order valence-corrected chi connectivity index (χ3v) is 2.38. The third-order valence-electron chi connectivity index (χ3n) is 2.38. The highest BCUT2D eigenvalue weighted by Gasteiger charge is 2.06. The van der Waals surface area contributed by atoms with Gasteiger partial charge in [0.25, 0.3) is 0 Å². The zero-order chi connectivity index (χ0) is 12.3. The van der Waals surface area contributed by atoms with Crippen LogP contribution < -0.4 is 4.74 Å². The zero-order valence-corrected chi connectivity index (χ0v) is 9.25. The molecule has 0 atom stereocenters. The van der Waals surface area contributed by atoms with Gasteiger partial charge in [-0.15, -0.1) is 0 Å². The Bertz CT molecular complexity index is 552. The summed E-state index contributed by atoms with van der Waals surface area (Å²) in [7, 11) is 1.59. The van der Waals surface area contributed by atoms with Crippen molar-refractivity contribution in [2.45, 2.75) is 0 Å². The molecule has 0 aliphatic rings. The van der Waals surface area contributed by atoms with E-state index in [-0.39, 0.29) is 5.69 Å². The van der Waals surface area contributed by atoms with E-state index in [2.05, 4.69) is 4.98 Å². The quantitative estimate of drug-likeness (QED) is 0.878. The van der Waals surface area contributed by atoms with E-state index >= 15 is 0 Å². The number of nitrogens with zero attached hydrogens (tertiary/aromatic N) is 1. The van der Waals surface area contributed by atoms with Crippen molar-refractivity contribution in [3.63, 3.8) is 0 Å². The monoisotopic (exact) mass is 229 g/mol. The van der Waals surface area contributed by atoms with Gasteiger partial charge in [0.2, 0.25) is 0 Å². The number of methoxy groups -OCH3 is 1. The molecule has 2 aromatic rings. The molecule has 17 heavy (non-hydrogen) atoms. The molecule has 0 fully saturated rings. The van der Waals surface area contributed by atoms with Crippen molar-refractivity contribution in [2.24, 2.45) is 0 Å². The van der Waals surface area contributed by atoms with Crippen molar-refractivity contribution < 1.29 is 14.6 Å². The number of carboxylic acids is 1. The van der Waals surface area contributed by atoms with Crippen LogP contribution in [0, 0.1) is 0 Å². The predicted octanol–water partition coefficient (Wildman–Crippen LogP) is 2.46. The van der Waals surface area contributed by atoms with Crippen LogP contribution in [-0.4, -0.2) is 23.2 Å². The second-order valence-corrected chi connectivity index (χ2v) is 3.47. The minimum atomic E-state index is -1.03. The van der Waals surface area contributed by atoms with Crippen LogP contribution in [0.2, 0.25) is 0 Å². The van der Waals surface area contributed by atoms with Gasteiger partial charge in [-0.25, -0.2) is 9.78 Å². The Balaban J connectivity index is 2.45. The Morgan fingerprint density at radius 3 is 2.71 bits per heavy atom. The molecule has 0 saturated heterocycles. The fourth-order valence-electron chi connectivity index (χ4n) is 1.53. The number of aromatic carboxylic acids is 1. The van der Waals surface area contributed by atoms with E-state index < -0.39 is 5.97 Å². The second-order valence-electron chi connectivity index (χ2n) is 3.47. The molecule has 86 valence electrons. The van der Waals surface area contributed by atoms with Crippen molar-refractivity contribution in [3.05, 3.63) is 48.3 Å². The highest BCUT2D eigenvalue weighted by atomic mass is 16.5. The summed E-state index contributed by atoms with van der Waals surface area (Å²) in [6.45, 7) is 0. The number of pyridine rings is 1. The number of benzene rings is 1. The molecule has 4 heteroatoms. The van der Waals surface area contributed by atoms with E-state index in [1.54, 1.807) is 13.2 Å². The minimum absolute atomic E-state index is 0.0327. The van der Waals surface area contributed by atoms with Crippen LogP contribution >= 0.6 is 0 Å². The van der Waals surface area contributed by atoms with Gasteiger partial charge in [0.15, 0.2) is 0 Å². The minimum Gasteiger partial charge on any atom is -0.497 e. The van der Waals surface area contributed by atoms with Gasteiger partial charge in [-0.2, -0.15) is 0 Å². The Kier molecular flexibility index (Phi) is 3.05. The third kappa shape index (κ3) is 2.42. The van der Waals surface area contributed by atoms with E-state index in [1.165, 1.54) is 12.3 Å². The number of aromatic nitrogens is 1. The number of ether oxygens (including phenoxy) is 1. The first kappa shape index (κ1) is 11.1. The van der Waals surface area contributed by atoms with Crippen molar-refractivity contribution in [2.75, 3.05) is 7.11 Å². The molecule has 1 aromatic carbocycles. The molecular formula is C13H11NO3. The molecule has 0 bridgehead atoms. The standard InChI is InChI=1S/C13H11NO3/c1-17-11-4-2-3-9(7-11)10-5-6-14-12(8-10)13(15)16/h2-8H,1H3,(H,15,16). The van der Waals surface area contributed by atoms with Gasteiger partial charge in [0.05, 0.1) is 7.11 Å². The lowest BCUT2D eigenvalue weighted by Crippen LogP contribution is -1.99. The molecule has 4 nitrogen and oxygen atoms in total. The SMILES string of the molecule is COc1cccc(-c2ccnc(C(=O)O)c2)c1. The molecular weight excluding hydrogens is 218 g/mol. The molecule has 1 aromatic heterocycles. The van der Waals surface area contributed by atoms with E-state index in [9.17, 15) is 4.79 Å². The van der Waals surface area contributed by atoms with E-state index in [0.717, 1.165) is 16.9 Å². The Labute approximate surface area is 98.5 Å². The van der Waals surface area contributed by atoms with E-state index in [4.69, 9.17) is 9.84 Å². The van der Waals surface area contributed by atoms with Gasteiger partial charge < -0.3 is 9.84 Å². The van der Waals surface area contributed by atoms with Crippen molar-refractivity contribution in [3.8, 4) is 16.9 Å². The zero-order valence-electron chi connectivity index (χ0n) is 9.25. The van der Waals surface area contributed by atoms with Crippen molar-refractivity contribution in [1.29, 1.82) is 0 Å². The van der Waals surface area contributed by atoms with Gasteiger partial charge in [-0.1, -0.05) is 12.1 Å². The molecule has 1 N–H and O–H groups in total. The first-order chi connectivity index (χ1) is 8.20. The van der Waals surface area contributed by atoms with Crippen molar-refractivity contribution >= 4 is 5.97 Å². The maximum Gasteiger partial charge on any atom is 0.354 e. The second kappa shape index (κ2) is 4.65. The summed E-state index contributed by atoms with van der Waals surface area (Å²) in [5.41, 5.74) is 1.73. The maximum absolute atomic E-state index is 10.8. The first-order valence-electron chi connectivity index (χ1n) is 5.04. The van der Waals surface area contributed by atoms with Gasteiger partial charge in [0.1, 0.15) is 11.4 Å². The van der Waals surface area contributed by atoms with Crippen LogP contribution in [-0.2, 0) is 0 Å². The van der Waals surface area contributed by atoms with Crippen LogP contribution in [0.15, 0.2) is 42.6 Å². The number of hydrogen-bond acceptors (Lipinski definition) is 3. The average molecular weight is 229 g/mol. The topological polar surface area (TPSA) is 59.4 Å². The van der Waals surface area contributed by atoms with Crippen LogP contribution in [0.1, 0.15) is 10.5 Å². The molecule has 0 radical (unpaired) electrons. The fraction of sp³-hybridized carbons (Fsp3) is 0.0769. The summed E-state index contributed by atoms with van der Waals surface area (Å²) in [5.74, 6) is -0.300. The summed E-state index contributed by atoms with van der Waals surface area (Å²) in [6.07, 6.45) is 1.48. The van der Waals surface area contributed by atoms with Crippen LogP contribution in [0.3, 0.4) is 0 Å². The number of carbonyl (C=O) groups is 1.